The van der Waals surface area contributed by atoms with E-state index in [1.165, 1.54) is 17.8 Å². The summed E-state index contributed by atoms with van der Waals surface area (Å²) in [5, 5.41) is 8.90. The van der Waals surface area contributed by atoms with Crippen molar-refractivity contribution in [1.82, 2.24) is 9.29 Å². The SMILES string of the molecule is Cn1cc(S(=O)(=O)NCC2(C)COC2)cc1C(=O)O. The van der Waals surface area contributed by atoms with Crippen LogP contribution in [0.3, 0.4) is 0 Å². The molecule has 2 N–H and O–H groups in total. The highest BCUT2D eigenvalue weighted by Gasteiger charge is 2.34. The molecule has 0 aromatic carbocycles. The molecule has 0 saturated carbocycles. The molecule has 0 unspecified atom stereocenters. The first-order chi connectivity index (χ1) is 8.73. The molecular weight excluding hydrogens is 272 g/mol. The molecule has 19 heavy (non-hydrogen) atoms. The molecule has 0 aliphatic carbocycles. The zero-order valence-electron chi connectivity index (χ0n) is 10.7. The summed E-state index contributed by atoms with van der Waals surface area (Å²) in [6.45, 7) is 3.23. The zero-order valence-corrected chi connectivity index (χ0v) is 11.5. The minimum atomic E-state index is -3.69. The lowest BCUT2D eigenvalue weighted by molar-refractivity contribution is -0.0965. The third-order valence-electron chi connectivity index (χ3n) is 3.10. The molecule has 0 bridgehead atoms. The molecule has 1 aliphatic heterocycles. The fourth-order valence-electron chi connectivity index (χ4n) is 1.80. The fraction of sp³-hybridized carbons (Fsp3) is 0.545. The van der Waals surface area contributed by atoms with Gasteiger partial charge in [0.05, 0.1) is 13.2 Å². The molecule has 1 aliphatic rings. The third kappa shape index (κ3) is 2.80. The van der Waals surface area contributed by atoms with Gasteiger partial charge in [-0.1, -0.05) is 6.92 Å². The second-order valence-electron chi connectivity index (χ2n) is 5.11. The van der Waals surface area contributed by atoms with Crippen LogP contribution >= 0.6 is 0 Å². The molecule has 8 heteroatoms. The zero-order chi connectivity index (χ0) is 14.3. The Morgan fingerprint density at radius 2 is 2.21 bits per heavy atom. The maximum Gasteiger partial charge on any atom is 0.352 e. The Balaban J connectivity index is 2.15. The molecule has 2 heterocycles. The number of nitrogens with zero attached hydrogens (tertiary/aromatic N) is 1. The molecule has 7 nitrogen and oxygen atoms in total. The second kappa shape index (κ2) is 4.62. The van der Waals surface area contributed by atoms with Gasteiger partial charge in [-0.05, 0) is 6.07 Å². The molecule has 0 spiro atoms. The van der Waals surface area contributed by atoms with E-state index in [0.29, 0.717) is 13.2 Å². The largest absolute Gasteiger partial charge is 0.477 e. The third-order valence-corrected chi connectivity index (χ3v) is 4.47. The molecule has 0 amide bonds. The van der Waals surface area contributed by atoms with E-state index in [-0.39, 0.29) is 22.5 Å². The van der Waals surface area contributed by atoms with Gasteiger partial charge in [-0.15, -0.1) is 0 Å². The number of sulfonamides is 1. The standard InChI is InChI=1S/C11H16N2O5S/c1-11(6-18-7-11)5-12-19(16,17)8-3-9(10(14)15)13(2)4-8/h3-4,12H,5-7H2,1-2H3,(H,14,15). The smallest absolute Gasteiger partial charge is 0.352 e. The van der Waals surface area contributed by atoms with Crippen molar-refractivity contribution in [1.29, 1.82) is 0 Å². The van der Waals surface area contributed by atoms with Gasteiger partial charge in [-0.2, -0.15) is 0 Å². The predicted octanol–water partition coefficient (Wildman–Crippen LogP) is 0.0381. The number of hydrogen-bond donors (Lipinski definition) is 2. The second-order valence-corrected chi connectivity index (χ2v) is 6.87. The number of carbonyl (C=O) groups is 1. The summed E-state index contributed by atoms with van der Waals surface area (Å²) in [7, 11) is -2.20. The molecule has 106 valence electrons. The lowest BCUT2D eigenvalue weighted by atomic mass is 9.89. The van der Waals surface area contributed by atoms with Crippen molar-refractivity contribution in [3.63, 3.8) is 0 Å². The van der Waals surface area contributed by atoms with Gasteiger partial charge in [-0.25, -0.2) is 17.9 Å². The van der Waals surface area contributed by atoms with E-state index in [1.54, 1.807) is 0 Å². The number of carboxylic acids is 1. The minimum absolute atomic E-state index is 0.0451. The van der Waals surface area contributed by atoms with Crippen molar-refractivity contribution in [2.24, 2.45) is 12.5 Å². The van der Waals surface area contributed by atoms with E-state index in [9.17, 15) is 13.2 Å². The van der Waals surface area contributed by atoms with Crippen molar-refractivity contribution in [3.8, 4) is 0 Å². The molecule has 0 radical (unpaired) electrons. The lowest BCUT2D eigenvalue weighted by Crippen LogP contribution is -2.48. The van der Waals surface area contributed by atoms with Crippen LogP contribution in [0.25, 0.3) is 0 Å². The van der Waals surface area contributed by atoms with Crippen LogP contribution in [0.5, 0.6) is 0 Å². The van der Waals surface area contributed by atoms with Crippen LogP contribution in [-0.2, 0) is 21.8 Å². The highest BCUT2D eigenvalue weighted by Crippen LogP contribution is 2.26. The number of aryl methyl sites for hydroxylation is 1. The normalized spacial score (nSPS) is 18.0. The first kappa shape index (κ1) is 14.0. The van der Waals surface area contributed by atoms with Gasteiger partial charge in [0.1, 0.15) is 10.6 Å². The average Bonchev–Trinajstić information content (AvgIpc) is 2.67. The summed E-state index contributed by atoms with van der Waals surface area (Å²) in [5.41, 5.74) is -0.254. The summed E-state index contributed by atoms with van der Waals surface area (Å²) in [5.74, 6) is -1.16. The molecule has 1 saturated heterocycles. The summed E-state index contributed by atoms with van der Waals surface area (Å²) >= 11 is 0. The number of aromatic carboxylic acids is 1. The van der Waals surface area contributed by atoms with E-state index in [0.717, 1.165) is 6.07 Å². The van der Waals surface area contributed by atoms with Gasteiger partial charge < -0.3 is 14.4 Å². The van der Waals surface area contributed by atoms with Crippen LogP contribution in [0, 0.1) is 5.41 Å². The van der Waals surface area contributed by atoms with Gasteiger partial charge in [0.15, 0.2) is 0 Å². The maximum absolute atomic E-state index is 12.0. The topological polar surface area (TPSA) is 97.6 Å². The van der Waals surface area contributed by atoms with Gasteiger partial charge in [0.2, 0.25) is 10.0 Å². The molecule has 1 aromatic rings. The van der Waals surface area contributed by atoms with Crippen molar-refractivity contribution < 1.29 is 23.1 Å². The number of carboxylic acid groups (broad SMARTS) is 1. The molecule has 1 aromatic heterocycles. The highest BCUT2D eigenvalue weighted by molar-refractivity contribution is 7.89. The first-order valence-electron chi connectivity index (χ1n) is 5.71. The van der Waals surface area contributed by atoms with Gasteiger partial charge in [0.25, 0.3) is 0 Å². The number of rotatable bonds is 5. The Kier molecular flexibility index (Phi) is 3.41. The van der Waals surface area contributed by atoms with Crippen molar-refractivity contribution in [3.05, 3.63) is 18.0 Å². The maximum atomic E-state index is 12.0. The van der Waals surface area contributed by atoms with E-state index in [4.69, 9.17) is 9.84 Å². The highest BCUT2D eigenvalue weighted by atomic mass is 32.2. The van der Waals surface area contributed by atoms with E-state index in [2.05, 4.69) is 4.72 Å². The predicted molar refractivity (Wildman–Crippen MR) is 66.5 cm³/mol. The van der Waals surface area contributed by atoms with Crippen LogP contribution in [-0.4, -0.2) is 43.8 Å². The summed E-state index contributed by atoms with van der Waals surface area (Å²) < 4.78 is 32.9. The van der Waals surface area contributed by atoms with Crippen LogP contribution in [0.2, 0.25) is 0 Å². The Morgan fingerprint density at radius 1 is 1.58 bits per heavy atom. The van der Waals surface area contributed by atoms with Gasteiger partial charge in [-0.3, -0.25) is 0 Å². The van der Waals surface area contributed by atoms with Crippen molar-refractivity contribution in [2.45, 2.75) is 11.8 Å². The van der Waals surface area contributed by atoms with E-state index in [1.807, 2.05) is 6.92 Å². The molecule has 0 atom stereocenters. The Morgan fingerprint density at radius 3 is 2.63 bits per heavy atom. The fourth-order valence-corrected chi connectivity index (χ4v) is 3.07. The number of hydrogen-bond acceptors (Lipinski definition) is 4. The van der Waals surface area contributed by atoms with E-state index < -0.39 is 16.0 Å². The summed E-state index contributed by atoms with van der Waals surface area (Å²) in [6, 6.07) is 1.14. The summed E-state index contributed by atoms with van der Waals surface area (Å²) in [4.78, 5) is 10.8. The Labute approximate surface area is 111 Å². The Bertz CT molecular complexity index is 601. The first-order valence-corrected chi connectivity index (χ1v) is 7.19. The summed E-state index contributed by atoms with van der Waals surface area (Å²) in [6.07, 6.45) is 1.28. The number of nitrogens with one attached hydrogen (secondary N) is 1. The van der Waals surface area contributed by atoms with Gasteiger partial charge >= 0.3 is 5.97 Å². The quantitative estimate of drug-likeness (QED) is 0.797. The van der Waals surface area contributed by atoms with Crippen LogP contribution in [0.1, 0.15) is 17.4 Å². The van der Waals surface area contributed by atoms with Crippen molar-refractivity contribution >= 4 is 16.0 Å². The van der Waals surface area contributed by atoms with Crippen LogP contribution in [0.4, 0.5) is 0 Å². The lowest BCUT2D eigenvalue weighted by Gasteiger charge is -2.37. The number of aromatic nitrogens is 1. The van der Waals surface area contributed by atoms with Gasteiger partial charge in [0, 0.05) is 25.2 Å². The average molecular weight is 288 g/mol. The molecular formula is C11H16N2O5S. The minimum Gasteiger partial charge on any atom is -0.477 e. The monoisotopic (exact) mass is 288 g/mol. The number of ether oxygens (including phenoxy) is 1. The van der Waals surface area contributed by atoms with Crippen molar-refractivity contribution in [2.75, 3.05) is 19.8 Å². The van der Waals surface area contributed by atoms with Crippen LogP contribution in [0.15, 0.2) is 17.2 Å². The Hall–Kier alpha value is -1.38. The van der Waals surface area contributed by atoms with Crippen LogP contribution < -0.4 is 4.72 Å². The molecule has 2 rings (SSSR count). The van der Waals surface area contributed by atoms with E-state index >= 15 is 0 Å². The molecule has 1 fully saturated rings.